The minimum absolute atomic E-state index is 0.0173. The van der Waals surface area contributed by atoms with E-state index in [1.807, 2.05) is 30.3 Å². The molecular formula is C20H18BrF3N2O2. The van der Waals surface area contributed by atoms with Gasteiger partial charge in [0.1, 0.15) is 0 Å². The largest absolute Gasteiger partial charge is 0.438 e. The van der Waals surface area contributed by atoms with E-state index >= 15 is 0 Å². The summed E-state index contributed by atoms with van der Waals surface area (Å²) >= 11 is 3.26. The number of hydrogen-bond acceptors (Lipinski definition) is 3. The van der Waals surface area contributed by atoms with Gasteiger partial charge in [-0.05, 0) is 36.1 Å². The lowest BCUT2D eigenvalue weighted by atomic mass is 10.0. The van der Waals surface area contributed by atoms with Crippen LogP contribution in [0.4, 0.5) is 13.2 Å². The molecule has 0 bridgehead atoms. The standard InChI is InChI=1S/C20H18BrF3N2O2/c21-16-11-9-15(10-12-16)17-13-19(28,20(22,23)24)26(25-17)18(27)8-4-7-14-5-2-1-3-6-14/h1-3,5-6,9-12,28H,4,7-8,13H2/t19-/m0/s1. The fourth-order valence-corrected chi connectivity index (χ4v) is 3.29. The number of alkyl halides is 3. The first-order chi connectivity index (χ1) is 13.2. The number of nitrogens with zero attached hydrogens (tertiary/aromatic N) is 2. The maximum absolute atomic E-state index is 13.6. The van der Waals surface area contributed by atoms with E-state index in [2.05, 4.69) is 21.0 Å². The first-order valence-corrected chi connectivity index (χ1v) is 9.49. The topological polar surface area (TPSA) is 52.9 Å². The third kappa shape index (κ3) is 4.28. The average molecular weight is 455 g/mol. The van der Waals surface area contributed by atoms with E-state index in [4.69, 9.17) is 0 Å². The second kappa shape index (κ2) is 8.05. The number of aliphatic hydroxyl groups is 1. The van der Waals surface area contributed by atoms with Crippen molar-refractivity contribution in [3.05, 3.63) is 70.2 Å². The van der Waals surface area contributed by atoms with E-state index < -0.39 is 24.2 Å². The van der Waals surface area contributed by atoms with Crippen LogP contribution in [0.1, 0.15) is 30.4 Å². The molecule has 2 aromatic carbocycles. The summed E-state index contributed by atoms with van der Waals surface area (Å²) in [5.41, 5.74) is -1.91. The van der Waals surface area contributed by atoms with Gasteiger partial charge in [0.2, 0.25) is 5.91 Å². The average Bonchev–Trinajstić information content (AvgIpc) is 3.02. The van der Waals surface area contributed by atoms with Crippen LogP contribution in [0.5, 0.6) is 0 Å². The van der Waals surface area contributed by atoms with Crippen molar-refractivity contribution in [1.29, 1.82) is 0 Å². The van der Waals surface area contributed by atoms with Crippen molar-refractivity contribution in [2.45, 2.75) is 37.6 Å². The highest BCUT2D eigenvalue weighted by molar-refractivity contribution is 9.10. The molecule has 0 aromatic heterocycles. The lowest BCUT2D eigenvalue weighted by Gasteiger charge is -2.32. The number of hydrazone groups is 1. The van der Waals surface area contributed by atoms with E-state index in [-0.39, 0.29) is 17.1 Å². The van der Waals surface area contributed by atoms with Gasteiger partial charge in [-0.1, -0.05) is 58.4 Å². The van der Waals surface area contributed by atoms with Crippen molar-refractivity contribution in [2.24, 2.45) is 5.10 Å². The van der Waals surface area contributed by atoms with E-state index in [0.717, 1.165) is 10.0 Å². The molecule has 0 spiro atoms. The number of halogens is 4. The smallest absolute Gasteiger partial charge is 0.362 e. The Kier molecular flexibility index (Phi) is 5.90. The molecule has 0 radical (unpaired) electrons. The summed E-state index contributed by atoms with van der Waals surface area (Å²) in [5.74, 6) is -0.858. The lowest BCUT2D eigenvalue weighted by molar-refractivity contribution is -0.302. The molecule has 148 valence electrons. The van der Waals surface area contributed by atoms with Gasteiger partial charge >= 0.3 is 6.18 Å². The fourth-order valence-electron chi connectivity index (χ4n) is 3.03. The summed E-state index contributed by atoms with van der Waals surface area (Å²) in [7, 11) is 0. The van der Waals surface area contributed by atoms with Crippen LogP contribution in [-0.4, -0.2) is 33.6 Å². The van der Waals surface area contributed by atoms with Crippen molar-refractivity contribution in [1.82, 2.24) is 5.01 Å². The first kappa shape index (κ1) is 20.5. The third-order valence-electron chi connectivity index (χ3n) is 4.55. The quantitative estimate of drug-likeness (QED) is 0.714. The second-order valence-corrected chi connectivity index (χ2v) is 7.51. The second-order valence-electron chi connectivity index (χ2n) is 6.59. The summed E-state index contributed by atoms with van der Waals surface area (Å²) in [4.78, 5) is 12.5. The van der Waals surface area contributed by atoms with Gasteiger partial charge in [-0.25, -0.2) is 0 Å². The Morgan fingerprint density at radius 3 is 2.39 bits per heavy atom. The Morgan fingerprint density at radius 2 is 1.79 bits per heavy atom. The SMILES string of the molecule is O=C(CCCc1ccccc1)N1N=C(c2ccc(Br)cc2)C[C@]1(O)C(F)(F)F. The number of rotatable bonds is 5. The molecule has 28 heavy (non-hydrogen) atoms. The van der Waals surface area contributed by atoms with Crippen molar-refractivity contribution in [3.63, 3.8) is 0 Å². The molecular weight excluding hydrogens is 437 g/mol. The van der Waals surface area contributed by atoms with Gasteiger partial charge in [-0.3, -0.25) is 4.79 Å². The zero-order valence-corrected chi connectivity index (χ0v) is 16.4. The summed E-state index contributed by atoms with van der Waals surface area (Å²) < 4.78 is 41.5. The van der Waals surface area contributed by atoms with Gasteiger partial charge in [0.15, 0.2) is 0 Å². The van der Waals surface area contributed by atoms with Gasteiger partial charge < -0.3 is 5.11 Å². The Balaban J connectivity index is 1.77. The molecule has 0 unspecified atom stereocenters. The monoisotopic (exact) mass is 454 g/mol. The molecule has 1 N–H and O–H groups in total. The van der Waals surface area contributed by atoms with Crippen molar-refractivity contribution in [3.8, 4) is 0 Å². The van der Waals surface area contributed by atoms with Crippen LogP contribution in [0.15, 0.2) is 64.2 Å². The Hall–Kier alpha value is -2.19. The normalized spacial score (nSPS) is 19.6. The molecule has 0 fully saturated rings. The van der Waals surface area contributed by atoms with Crippen molar-refractivity contribution >= 4 is 27.5 Å². The van der Waals surface area contributed by atoms with Crippen LogP contribution >= 0.6 is 15.9 Å². The molecule has 8 heteroatoms. The number of benzene rings is 2. The third-order valence-corrected chi connectivity index (χ3v) is 5.08. The van der Waals surface area contributed by atoms with Gasteiger partial charge in [-0.2, -0.15) is 23.3 Å². The maximum atomic E-state index is 13.6. The molecule has 3 rings (SSSR count). The van der Waals surface area contributed by atoms with Crippen LogP contribution in [0, 0.1) is 0 Å². The predicted octanol–water partition coefficient (Wildman–Crippen LogP) is 4.66. The zero-order chi connectivity index (χ0) is 20.4. The highest BCUT2D eigenvalue weighted by Gasteiger charge is 2.63. The van der Waals surface area contributed by atoms with Gasteiger partial charge in [0.25, 0.3) is 5.72 Å². The minimum Gasteiger partial charge on any atom is -0.362 e. The van der Waals surface area contributed by atoms with Crippen LogP contribution < -0.4 is 0 Å². The number of amides is 1. The van der Waals surface area contributed by atoms with Crippen LogP contribution in [0.3, 0.4) is 0 Å². The summed E-state index contributed by atoms with van der Waals surface area (Å²) in [5, 5.41) is 14.4. The molecule has 4 nitrogen and oxygen atoms in total. The van der Waals surface area contributed by atoms with Crippen LogP contribution in [-0.2, 0) is 11.2 Å². The zero-order valence-electron chi connectivity index (χ0n) is 14.8. The van der Waals surface area contributed by atoms with Crippen molar-refractivity contribution < 1.29 is 23.1 Å². The lowest BCUT2D eigenvalue weighted by Crippen LogP contribution is -2.56. The van der Waals surface area contributed by atoms with E-state index in [1.54, 1.807) is 24.3 Å². The molecule has 1 atom stereocenters. The van der Waals surface area contributed by atoms with Crippen LogP contribution in [0.2, 0.25) is 0 Å². The Labute approximate surface area is 168 Å². The predicted molar refractivity (Wildman–Crippen MR) is 103 cm³/mol. The van der Waals surface area contributed by atoms with E-state index in [1.165, 1.54) is 0 Å². The molecule has 0 saturated heterocycles. The number of aryl methyl sites for hydroxylation is 1. The molecule has 1 aliphatic rings. The summed E-state index contributed by atoms with van der Waals surface area (Å²) in [6.07, 6.45) is -5.07. The van der Waals surface area contributed by atoms with Gasteiger partial charge in [0, 0.05) is 10.9 Å². The van der Waals surface area contributed by atoms with Crippen LogP contribution in [0.25, 0.3) is 0 Å². The molecule has 1 amide bonds. The number of hydrogen-bond donors (Lipinski definition) is 1. The maximum Gasteiger partial charge on any atom is 0.438 e. The molecule has 0 saturated carbocycles. The number of carbonyl (C=O) groups excluding carboxylic acids is 1. The molecule has 2 aromatic rings. The highest BCUT2D eigenvalue weighted by Crippen LogP contribution is 2.41. The van der Waals surface area contributed by atoms with E-state index in [0.29, 0.717) is 18.4 Å². The molecule has 1 aliphatic heterocycles. The molecule has 0 aliphatic carbocycles. The number of carbonyl (C=O) groups is 1. The Bertz CT molecular complexity index is 869. The first-order valence-electron chi connectivity index (χ1n) is 8.70. The van der Waals surface area contributed by atoms with Gasteiger partial charge in [0.05, 0.1) is 12.1 Å². The minimum atomic E-state index is -5.03. The highest BCUT2D eigenvalue weighted by atomic mass is 79.9. The molecule has 1 heterocycles. The fraction of sp³-hybridized carbons (Fsp3) is 0.300. The Morgan fingerprint density at radius 1 is 1.14 bits per heavy atom. The summed E-state index contributed by atoms with van der Waals surface area (Å²) in [6, 6.07) is 15.8. The van der Waals surface area contributed by atoms with Crippen molar-refractivity contribution in [2.75, 3.05) is 0 Å². The van der Waals surface area contributed by atoms with E-state index in [9.17, 15) is 23.1 Å². The van der Waals surface area contributed by atoms with Gasteiger partial charge in [-0.15, -0.1) is 0 Å². The summed E-state index contributed by atoms with van der Waals surface area (Å²) in [6.45, 7) is 0.